The predicted molar refractivity (Wildman–Crippen MR) is 96.9 cm³/mol. The van der Waals surface area contributed by atoms with Crippen LogP contribution < -0.4 is 14.5 Å². The topological polar surface area (TPSA) is 51.0 Å². The Morgan fingerprint density at radius 2 is 1.92 bits per heavy atom. The highest BCUT2D eigenvalue weighted by Crippen LogP contribution is 2.25. The third-order valence-corrected chi connectivity index (χ3v) is 5.45. The molecule has 2 aliphatic rings. The number of piperidine rings is 1. The van der Waals surface area contributed by atoms with Gasteiger partial charge in [0.1, 0.15) is 5.75 Å². The zero-order valence-electron chi connectivity index (χ0n) is 15.3. The van der Waals surface area contributed by atoms with Crippen molar-refractivity contribution >= 4 is 17.5 Å². The molecule has 0 spiro atoms. The minimum Gasteiger partial charge on any atom is -0.494 e. The molecule has 1 N–H and O–H groups in total. The Morgan fingerprint density at radius 3 is 2.60 bits per heavy atom. The molecule has 2 aliphatic heterocycles. The fraction of sp³-hybridized carbons (Fsp3) is 0.600. The van der Waals surface area contributed by atoms with Crippen molar-refractivity contribution < 1.29 is 19.2 Å². The first-order chi connectivity index (χ1) is 12.2. The normalized spacial score (nSPS) is 27.0. The number of amides is 2. The van der Waals surface area contributed by atoms with E-state index in [9.17, 15) is 9.59 Å². The molecular formula is C20H29N2O3+. The van der Waals surface area contributed by atoms with Crippen LogP contribution in [-0.2, 0) is 9.59 Å². The quantitative estimate of drug-likeness (QED) is 0.802. The number of ether oxygens (including phenoxy) is 1. The van der Waals surface area contributed by atoms with Crippen molar-refractivity contribution in [2.45, 2.75) is 64.5 Å². The lowest BCUT2D eigenvalue weighted by Gasteiger charge is -2.35. The Balaban J connectivity index is 1.74. The van der Waals surface area contributed by atoms with Gasteiger partial charge in [-0.3, -0.25) is 9.59 Å². The SMILES string of the molecule is CCCOc1ccc(N2C(=O)C[C@@H]([NH+]3CCCC[C@@H]3CC)C2=O)cc1. The highest BCUT2D eigenvalue weighted by molar-refractivity contribution is 6.21. The van der Waals surface area contributed by atoms with Crippen molar-refractivity contribution in [3.05, 3.63) is 24.3 Å². The van der Waals surface area contributed by atoms with Crippen LogP contribution in [0.15, 0.2) is 24.3 Å². The van der Waals surface area contributed by atoms with Crippen LogP contribution >= 0.6 is 0 Å². The average Bonchev–Trinajstić information content (AvgIpc) is 2.94. The first-order valence-electron chi connectivity index (χ1n) is 9.61. The number of likely N-dealkylation sites (tertiary alicyclic amines) is 1. The molecule has 0 saturated carbocycles. The number of benzene rings is 1. The Hall–Kier alpha value is -1.88. The molecule has 1 unspecified atom stereocenters. The van der Waals surface area contributed by atoms with Crippen LogP contribution in [0.4, 0.5) is 5.69 Å². The third-order valence-electron chi connectivity index (χ3n) is 5.45. The standard InChI is InChI=1S/C20H28N2O3/c1-3-13-25-17-10-8-16(9-11-17)22-19(23)14-18(20(22)24)21-12-6-5-7-15(21)4-2/h8-11,15,18H,3-7,12-14H2,1-2H3/p+1/t15-,18+/m0/s1. The van der Waals surface area contributed by atoms with E-state index in [2.05, 4.69) is 13.8 Å². The highest BCUT2D eigenvalue weighted by Gasteiger charge is 2.47. The van der Waals surface area contributed by atoms with Gasteiger partial charge in [-0.15, -0.1) is 0 Å². The van der Waals surface area contributed by atoms with Crippen molar-refractivity contribution in [3.8, 4) is 5.75 Å². The summed E-state index contributed by atoms with van der Waals surface area (Å²) >= 11 is 0. The predicted octanol–water partition coefficient (Wildman–Crippen LogP) is 1.95. The lowest BCUT2D eigenvalue weighted by molar-refractivity contribution is -0.944. The maximum atomic E-state index is 13.0. The molecule has 0 radical (unpaired) electrons. The second-order valence-electron chi connectivity index (χ2n) is 7.09. The van der Waals surface area contributed by atoms with E-state index in [0.717, 1.165) is 38.0 Å². The van der Waals surface area contributed by atoms with E-state index < -0.39 is 0 Å². The first kappa shape index (κ1) is 17.9. The zero-order valence-corrected chi connectivity index (χ0v) is 15.3. The average molecular weight is 345 g/mol. The molecule has 1 aromatic carbocycles. The first-order valence-corrected chi connectivity index (χ1v) is 9.61. The monoisotopic (exact) mass is 345 g/mol. The minimum absolute atomic E-state index is 0.0393. The fourth-order valence-electron chi connectivity index (χ4n) is 4.14. The summed E-state index contributed by atoms with van der Waals surface area (Å²) in [5, 5.41) is 0. The van der Waals surface area contributed by atoms with Gasteiger partial charge in [-0.1, -0.05) is 13.8 Å². The molecule has 3 rings (SSSR count). The van der Waals surface area contributed by atoms with Crippen LogP contribution in [0.3, 0.4) is 0 Å². The van der Waals surface area contributed by atoms with Crippen molar-refractivity contribution in [2.75, 3.05) is 18.1 Å². The lowest BCUT2D eigenvalue weighted by Crippen LogP contribution is -3.20. The minimum atomic E-state index is -0.214. The summed E-state index contributed by atoms with van der Waals surface area (Å²) in [7, 11) is 0. The van der Waals surface area contributed by atoms with Gasteiger partial charge in [-0.25, -0.2) is 4.90 Å². The summed E-state index contributed by atoms with van der Waals surface area (Å²) in [6.45, 7) is 5.91. The molecule has 25 heavy (non-hydrogen) atoms. The van der Waals surface area contributed by atoms with E-state index >= 15 is 0 Å². The molecule has 0 aliphatic carbocycles. The van der Waals surface area contributed by atoms with Gasteiger partial charge < -0.3 is 9.64 Å². The van der Waals surface area contributed by atoms with Gasteiger partial charge in [-0.2, -0.15) is 0 Å². The van der Waals surface area contributed by atoms with E-state index in [1.165, 1.54) is 16.2 Å². The summed E-state index contributed by atoms with van der Waals surface area (Å²) < 4.78 is 5.58. The van der Waals surface area contributed by atoms with Crippen molar-refractivity contribution in [2.24, 2.45) is 0 Å². The van der Waals surface area contributed by atoms with Crippen LogP contribution in [0.5, 0.6) is 5.75 Å². The van der Waals surface area contributed by atoms with Crippen molar-refractivity contribution in [1.29, 1.82) is 0 Å². The second kappa shape index (κ2) is 8.00. The Kier molecular flexibility index (Phi) is 5.74. The second-order valence-corrected chi connectivity index (χ2v) is 7.09. The van der Waals surface area contributed by atoms with E-state index in [0.29, 0.717) is 24.8 Å². The maximum absolute atomic E-state index is 13.0. The number of quaternary nitrogens is 1. The maximum Gasteiger partial charge on any atom is 0.292 e. The van der Waals surface area contributed by atoms with Gasteiger partial charge in [-0.05, 0) is 56.4 Å². The highest BCUT2D eigenvalue weighted by atomic mass is 16.5. The zero-order chi connectivity index (χ0) is 17.8. The summed E-state index contributed by atoms with van der Waals surface area (Å²) in [5.41, 5.74) is 0.658. The Labute approximate surface area is 149 Å². The molecule has 2 heterocycles. The molecule has 5 nitrogen and oxygen atoms in total. The number of hydrogen-bond donors (Lipinski definition) is 1. The van der Waals surface area contributed by atoms with Crippen LogP contribution in [0.1, 0.15) is 52.4 Å². The Morgan fingerprint density at radius 1 is 1.16 bits per heavy atom. The van der Waals surface area contributed by atoms with Gasteiger partial charge in [0.15, 0.2) is 6.04 Å². The summed E-state index contributed by atoms with van der Waals surface area (Å²) in [5.74, 6) is 0.654. The summed E-state index contributed by atoms with van der Waals surface area (Å²) in [6, 6.07) is 7.58. The van der Waals surface area contributed by atoms with Gasteiger partial charge in [0, 0.05) is 0 Å². The molecule has 1 aromatic rings. The smallest absolute Gasteiger partial charge is 0.292 e. The fourth-order valence-corrected chi connectivity index (χ4v) is 4.14. The van der Waals surface area contributed by atoms with E-state index in [4.69, 9.17) is 4.74 Å². The number of nitrogens with one attached hydrogen (secondary N) is 1. The van der Waals surface area contributed by atoms with E-state index in [-0.39, 0.29) is 17.9 Å². The third kappa shape index (κ3) is 3.71. The molecule has 0 bridgehead atoms. The van der Waals surface area contributed by atoms with Crippen LogP contribution in [0, 0.1) is 0 Å². The molecule has 136 valence electrons. The van der Waals surface area contributed by atoms with Crippen LogP contribution in [0.2, 0.25) is 0 Å². The van der Waals surface area contributed by atoms with Gasteiger partial charge >= 0.3 is 0 Å². The molecule has 3 atom stereocenters. The lowest BCUT2D eigenvalue weighted by atomic mass is 9.97. The molecule has 5 heteroatoms. The number of rotatable bonds is 6. The van der Waals surface area contributed by atoms with Gasteiger partial charge in [0.25, 0.3) is 5.91 Å². The van der Waals surface area contributed by atoms with E-state index in [1.807, 2.05) is 24.3 Å². The molecule has 2 amide bonds. The van der Waals surface area contributed by atoms with Crippen molar-refractivity contribution in [1.82, 2.24) is 0 Å². The number of nitrogens with zero attached hydrogens (tertiary/aromatic N) is 1. The molecule has 2 saturated heterocycles. The molecular weight excluding hydrogens is 316 g/mol. The largest absolute Gasteiger partial charge is 0.494 e. The van der Waals surface area contributed by atoms with Crippen LogP contribution in [0.25, 0.3) is 0 Å². The van der Waals surface area contributed by atoms with Gasteiger partial charge in [0.2, 0.25) is 5.91 Å². The van der Waals surface area contributed by atoms with Gasteiger partial charge in [0.05, 0.1) is 31.3 Å². The van der Waals surface area contributed by atoms with Crippen LogP contribution in [-0.4, -0.2) is 37.0 Å². The molecule has 2 fully saturated rings. The summed E-state index contributed by atoms with van der Waals surface area (Å²) in [4.78, 5) is 28.2. The summed E-state index contributed by atoms with van der Waals surface area (Å²) in [6.07, 6.45) is 5.89. The number of carbonyl (C=O) groups is 2. The van der Waals surface area contributed by atoms with Crippen molar-refractivity contribution in [3.63, 3.8) is 0 Å². The number of anilines is 1. The Bertz CT molecular complexity index is 614. The number of imide groups is 1. The number of carbonyl (C=O) groups excluding carboxylic acids is 2. The van der Waals surface area contributed by atoms with E-state index in [1.54, 1.807) is 0 Å². The number of hydrogen-bond acceptors (Lipinski definition) is 3. The molecule has 0 aromatic heterocycles.